The Hall–Kier alpha value is -0.900. The summed E-state index contributed by atoms with van der Waals surface area (Å²) in [7, 11) is 0. The van der Waals surface area contributed by atoms with Crippen molar-refractivity contribution in [3.63, 3.8) is 0 Å². The SMILES string of the molecule is CCC(N)(CC)c1n[nH]c(C2CCCCC2)n1. The lowest BCUT2D eigenvalue weighted by Crippen LogP contribution is -2.36. The van der Waals surface area contributed by atoms with Crippen LogP contribution >= 0.6 is 0 Å². The van der Waals surface area contributed by atoms with Crippen molar-refractivity contribution >= 4 is 0 Å². The lowest BCUT2D eigenvalue weighted by atomic mass is 9.88. The van der Waals surface area contributed by atoms with Crippen molar-refractivity contribution in [3.8, 4) is 0 Å². The van der Waals surface area contributed by atoms with Gasteiger partial charge in [0.1, 0.15) is 5.82 Å². The van der Waals surface area contributed by atoms with Crippen molar-refractivity contribution in [2.75, 3.05) is 0 Å². The number of H-pyrrole nitrogens is 1. The van der Waals surface area contributed by atoms with Crippen molar-refractivity contribution in [2.45, 2.75) is 70.3 Å². The lowest BCUT2D eigenvalue weighted by Gasteiger charge is -2.22. The first-order chi connectivity index (χ1) is 8.19. The maximum absolute atomic E-state index is 6.32. The number of rotatable bonds is 4. The zero-order valence-corrected chi connectivity index (χ0v) is 11.0. The van der Waals surface area contributed by atoms with Crippen LogP contribution in [0.4, 0.5) is 0 Å². The number of nitrogens with zero attached hydrogens (tertiary/aromatic N) is 2. The molecule has 0 amide bonds. The largest absolute Gasteiger partial charge is 0.319 e. The van der Waals surface area contributed by atoms with Gasteiger partial charge in [-0.15, -0.1) is 0 Å². The van der Waals surface area contributed by atoms with Crippen LogP contribution in [0.1, 0.15) is 76.4 Å². The van der Waals surface area contributed by atoms with E-state index in [1.54, 1.807) is 0 Å². The minimum absolute atomic E-state index is 0.358. The van der Waals surface area contributed by atoms with Crippen LogP contribution < -0.4 is 5.73 Å². The van der Waals surface area contributed by atoms with Crippen molar-refractivity contribution in [1.29, 1.82) is 0 Å². The van der Waals surface area contributed by atoms with Crippen LogP contribution in [0, 0.1) is 0 Å². The lowest BCUT2D eigenvalue weighted by molar-refractivity contribution is 0.386. The molecule has 0 radical (unpaired) electrons. The summed E-state index contributed by atoms with van der Waals surface area (Å²) in [5.74, 6) is 2.42. The molecule has 3 N–H and O–H groups in total. The van der Waals surface area contributed by atoms with E-state index in [0.717, 1.165) is 24.5 Å². The topological polar surface area (TPSA) is 67.6 Å². The predicted octanol–water partition coefficient (Wildman–Crippen LogP) is 2.83. The molecule has 4 heteroatoms. The van der Waals surface area contributed by atoms with E-state index in [-0.39, 0.29) is 5.54 Å². The van der Waals surface area contributed by atoms with E-state index in [4.69, 9.17) is 5.73 Å². The molecule has 1 fully saturated rings. The third-order valence-corrected chi connectivity index (χ3v) is 4.20. The highest BCUT2D eigenvalue weighted by molar-refractivity contribution is 5.07. The maximum Gasteiger partial charge on any atom is 0.170 e. The van der Waals surface area contributed by atoms with Gasteiger partial charge in [0.05, 0.1) is 5.54 Å². The molecule has 0 bridgehead atoms. The quantitative estimate of drug-likeness (QED) is 0.844. The van der Waals surface area contributed by atoms with Crippen LogP contribution in [0.15, 0.2) is 0 Å². The summed E-state index contributed by atoms with van der Waals surface area (Å²) in [6.45, 7) is 4.19. The smallest absolute Gasteiger partial charge is 0.170 e. The fourth-order valence-corrected chi connectivity index (χ4v) is 2.62. The highest BCUT2D eigenvalue weighted by Gasteiger charge is 2.29. The molecule has 0 aromatic carbocycles. The first kappa shape index (κ1) is 12.6. The summed E-state index contributed by atoms with van der Waals surface area (Å²) in [4.78, 5) is 4.66. The number of nitrogens with two attached hydrogens (primary N) is 1. The molecule has 0 aliphatic heterocycles. The summed E-state index contributed by atoms with van der Waals surface area (Å²) in [5, 5.41) is 7.45. The van der Waals surface area contributed by atoms with Crippen LogP contribution in [0.3, 0.4) is 0 Å². The molecular formula is C13H24N4. The highest BCUT2D eigenvalue weighted by Crippen LogP contribution is 2.31. The minimum Gasteiger partial charge on any atom is -0.319 e. The summed E-state index contributed by atoms with van der Waals surface area (Å²) in [5.41, 5.74) is 5.96. The molecule has 1 aromatic heterocycles. The van der Waals surface area contributed by atoms with Gasteiger partial charge < -0.3 is 5.73 Å². The van der Waals surface area contributed by atoms with Crippen molar-refractivity contribution < 1.29 is 0 Å². The number of hydrogen-bond donors (Lipinski definition) is 2. The fourth-order valence-electron chi connectivity index (χ4n) is 2.62. The fraction of sp³-hybridized carbons (Fsp3) is 0.846. The van der Waals surface area contributed by atoms with E-state index in [9.17, 15) is 0 Å². The molecule has 0 spiro atoms. The normalized spacial score (nSPS) is 18.5. The molecule has 96 valence electrons. The number of aromatic amines is 1. The zero-order chi connectivity index (χ0) is 12.3. The summed E-state index contributed by atoms with van der Waals surface area (Å²) in [6.07, 6.45) is 8.24. The van der Waals surface area contributed by atoms with Gasteiger partial charge in [0.15, 0.2) is 5.82 Å². The van der Waals surface area contributed by atoms with E-state index in [1.807, 2.05) is 0 Å². The second-order valence-electron chi connectivity index (χ2n) is 5.24. The van der Waals surface area contributed by atoms with Gasteiger partial charge in [0, 0.05) is 5.92 Å². The molecule has 4 nitrogen and oxygen atoms in total. The molecule has 1 saturated carbocycles. The van der Waals surface area contributed by atoms with Gasteiger partial charge in [0.25, 0.3) is 0 Å². The predicted molar refractivity (Wildman–Crippen MR) is 68.7 cm³/mol. The average molecular weight is 236 g/mol. The Balaban J connectivity index is 2.14. The third kappa shape index (κ3) is 2.51. The first-order valence-electron chi connectivity index (χ1n) is 6.91. The number of hydrogen-bond acceptors (Lipinski definition) is 3. The Morgan fingerprint density at radius 3 is 2.47 bits per heavy atom. The minimum atomic E-state index is -0.358. The van der Waals surface area contributed by atoms with Gasteiger partial charge in [-0.3, -0.25) is 5.10 Å². The van der Waals surface area contributed by atoms with Crippen LogP contribution in [0.5, 0.6) is 0 Å². The summed E-state index contributed by atoms with van der Waals surface area (Å²) >= 11 is 0. The Morgan fingerprint density at radius 2 is 1.88 bits per heavy atom. The Morgan fingerprint density at radius 1 is 1.24 bits per heavy atom. The second-order valence-corrected chi connectivity index (χ2v) is 5.24. The second kappa shape index (κ2) is 5.17. The molecule has 17 heavy (non-hydrogen) atoms. The molecule has 0 atom stereocenters. The van der Waals surface area contributed by atoms with Crippen molar-refractivity contribution in [3.05, 3.63) is 11.6 Å². The maximum atomic E-state index is 6.32. The van der Waals surface area contributed by atoms with Crippen LogP contribution in [0.25, 0.3) is 0 Å². The molecule has 1 aliphatic carbocycles. The zero-order valence-electron chi connectivity index (χ0n) is 11.0. The van der Waals surface area contributed by atoms with Crippen molar-refractivity contribution in [2.24, 2.45) is 5.73 Å². The molecular weight excluding hydrogens is 212 g/mol. The van der Waals surface area contributed by atoms with Crippen LogP contribution in [0.2, 0.25) is 0 Å². The van der Waals surface area contributed by atoms with Gasteiger partial charge in [-0.1, -0.05) is 33.1 Å². The molecule has 1 aromatic rings. The van der Waals surface area contributed by atoms with E-state index in [0.29, 0.717) is 5.92 Å². The van der Waals surface area contributed by atoms with E-state index in [2.05, 4.69) is 29.0 Å². The van der Waals surface area contributed by atoms with Gasteiger partial charge in [-0.05, 0) is 25.7 Å². The Labute approximate surface area is 103 Å². The molecule has 1 heterocycles. The molecule has 0 unspecified atom stereocenters. The van der Waals surface area contributed by atoms with E-state index >= 15 is 0 Å². The van der Waals surface area contributed by atoms with Gasteiger partial charge in [-0.25, -0.2) is 4.98 Å². The van der Waals surface area contributed by atoms with Gasteiger partial charge in [-0.2, -0.15) is 5.10 Å². The van der Waals surface area contributed by atoms with E-state index < -0.39 is 0 Å². The van der Waals surface area contributed by atoms with Crippen LogP contribution in [-0.4, -0.2) is 15.2 Å². The van der Waals surface area contributed by atoms with Crippen molar-refractivity contribution in [1.82, 2.24) is 15.2 Å². The number of aromatic nitrogens is 3. The standard InChI is InChI=1S/C13H24N4/c1-3-13(14,4-2)12-15-11(16-17-12)10-8-6-5-7-9-10/h10H,3-9,14H2,1-2H3,(H,15,16,17). The monoisotopic (exact) mass is 236 g/mol. The number of nitrogens with one attached hydrogen (secondary N) is 1. The molecule has 2 rings (SSSR count). The summed E-state index contributed by atoms with van der Waals surface area (Å²) in [6, 6.07) is 0. The molecule has 0 saturated heterocycles. The first-order valence-corrected chi connectivity index (χ1v) is 6.91. The molecule has 1 aliphatic rings. The Kier molecular flexibility index (Phi) is 3.82. The van der Waals surface area contributed by atoms with Gasteiger partial charge in [0.2, 0.25) is 0 Å². The van der Waals surface area contributed by atoms with Gasteiger partial charge >= 0.3 is 0 Å². The van der Waals surface area contributed by atoms with Crippen LogP contribution in [-0.2, 0) is 5.54 Å². The third-order valence-electron chi connectivity index (χ3n) is 4.20. The van der Waals surface area contributed by atoms with E-state index in [1.165, 1.54) is 32.1 Å². The Bertz CT molecular complexity index is 348. The average Bonchev–Trinajstić information content (AvgIpc) is 2.89. The summed E-state index contributed by atoms with van der Waals surface area (Å²) < 4.78 is 0. The highest BCUT2D eigenvalue weighted by atomic mass is 15.2.